The summed E-state index contributed by atoms with van der Waals surface area (Å²) in [6, 6.07) is 1.79. The van der Waals surface area contributed by atoms with Gasteiger partial charge in [0.05, 0.1) is 4.90 Å². The lowest BCUT2D eigenvalue weighted by atomic mass is 9.83. The van der Waals surface area contributed by atoms with Gasteiger partial charge < -0.3 is 5.73 Å². The minimum Gasteiger partial charge on any atom is -0.326 e. The molecule has 1 saturated carbocycles. The number of hydrogen-bond donors (Lipinski definition) is 2. The molecule has 6 heteroatoms. The smallest absolute Gasteiger partial charge is 0.241 e. The predicted molar refractivity (Wildman–Crippen MR) is 69.5 cm³/mol. The van der Waals surface area contributed by atoms with Gasteiger partial charge >= 0.3 is 0 Å². The van der Waals surface area contributed by atoms with Crippen LogP contribution < -0.4 is 10.5 Å². The zero-order chi connectivity index (χ0) is 12.6. The van der Waals surface area contributed by atoms with Crippen LogP contribution in [0.1, 0.15) is 29.5 Å². The van der Waals surface area contributed by atoms with Crippen LogP contribution in [0.5, 0.6) is 0 Å². The van der Waals surface area contributed by atoms with E-state index in [4.69, 9.17) is 5.73 Å². The molecule has 0 aromatic carbocycles. The molecule has 3 N–H and O–H groups in total. The van der Waals surface area contributed by atoms with E-state index in [1.807, 2.05) is 6.92 Å². The number of hydrogen-bond acceptors (Lipinski definition) is 4. The molecule has 96 valence electrons. The van der Waals surface area contributed by atoms with E-state index in [-0.39, 0.29) is 6.04 Å². The van der Waals surface area contributed by atoms with Crippen LogP contribution in [0.15, 0.2) is 11.0 Å². The van der Waals surface area contributed by atoms with Crippen LogP contribution in [0.2, 0.25) is 0 Å². The van der Waals surface area contributed by atoms with Gasteiger partial charge in [-0.3, -0.25) is 0 Å². The molecule has 1 aromatic heterocycles. The first-order valence-electron chi connectivity index (χ1n) is 5.74. The topological polar surface area (TPSA) is 72.2 Å². The summed E-state index contributed by atoms with van der Waals surface area (Å²) in [4.78, 5) is 2.11. The normalized spacial score (nSPS) is 24.6. The Balaban J connectivity index is 2.16. The maximum absolute atomic E-state index is 12.1. The van der Waals surface area contributed by atoms with Gasteiger partial charge in [-0.25, -0.2) is 13.1 Å². The molecule has 0 amide bonds. The minimum absolute atomic E-state index is 0.107. The molecule has 0 unspecified atom stereocenters. The Bertz CT molecular complexity index is 502. The van der Waals surface area contributed by atoms with E-state index in [0.29, 0.717) is 17.4 Å². The van der Waals surface area contributed by atoms with Gasteiger partial charge in [0.1, 0.15) is 0 Å². The highest BCUT2D eigenvalue weighted by molar-refractivity contribution is 7.89. The third kappa shape index (κ3) is 2.70. The van der Waals surface area contributed by atoms with Crippen molar-refractivity contribution in [1.29, 1.82) is 0 Å². The largest absolute Gasteiger partial charge is 0.326 e. The fourth-order valence-electron chi connectivity index (χ4n) is 2.17. The molecular weight excluding hydrogens is 256 g/mol. The number of nitrogens with one attached hydrogen (secondary N) is 1. The van der Waals surface area contributed by atoms with E-state index >= 15 is 0 Å². The molecule has 0 aliphatic heterocycles. The van der Waals surface area contributed by atoms with Crippen molar-refractivity contribution in [2.45, 2.75) is 44.2 Å². The van der Waals surface area contributed by atoms with Crippen LogP contribution in [-0.4, -0.2) is 14.5 Å². The summed E-state index contributed by atoms with van der Waals surface area (Å²) in [5.74, 6) is 0.630. The SMILES string of the molecule is Cc1sc(CN)cc1S(=O)(=O)NC1CC(C)C1. The highest BCUT2D eigenvalue weighted by Crippen LogP contribution is 2.30. The summed E-state index contributed by atoms with van der Waals surface area (Å²) in [7, 11) is -3.36. The molecule has 0 bridgehead atoms. The summed E-state index contributed by atoms with van der Waals surface area (Å²) in [6.45, 7) is 4.34. The first-order valence-corrected chi connectivity index (χ1v) is 8.04. The van der Waals surface area contributed by atoms with Crippen molar-refractivity contribution in [3.63, 3.8) is 0 Å². The maximum Gasteiger partial charge on any atom is 0.241 e. The van der Waals surface area contributed by atoms with Gasteiger partial charge in [-0.2, -0.15) is 0 Å². The second-order valence-corrected chi connectivity index (χ2v) is 7.76. The first-order chi connectivity index (χ1) is 7.92. The molecule has 1 aliphatic carbocycles. The zero-order valence-corrected chi connectivity index (χ0v) is 11.7. The van der Waals surface area contributed by atoms with Crippen molar-refractivity contribution in [3.05, 3.63) is 15.8 Å². The van der Waals surface area contributed by atoms with E-state index in [2.05, 4.69) is 11.6 Å². The van der Waals surface area contributed by atoms with Gasteiger partial charge in [0.15, 0.2) is 0 Å². The van der Waals surface area contributed by atoms with Crippen LogP contribution in [-0.2, 0) is 16.6 Å². The molecular formula is C11H18N2O2S2. The number of sulfonamides is 1. The fourth-order valence-corrected chi connectivity index (χ4v) is 4.95. The van der Waals surface area contributed by atoms with E-state index < -0.39 is 10.0 Å². The predicted octanol–water partition coefficient (Wildman–Crippen LogP) is 1.59. The Morgan fingerprint density at radius 1 is 1.53 bits per heavy atom. The summed E-state index contributed by atoms with van der Waals surface area (Å²) in [5, 5.41) is 0. The first kappa shape index (κ1) is 13.0. The minimum atomic E-state index is -3.36. The second kappa shape index (κ2) is 4.68. The van der Waals surface area contributed by atoms with Crippen molar-refractivity contribution in [1.82, 2.24) is 4.72 Å². The number of rotatable bonds is 4. The van der Waals surface area contributed by atoms with Crippen LogP contribution >= 0.6 is 11.3 Å². The van der Waals surface area contributed by atoms with Crippen LogP contribution in [0.25, 0.3) is 0 Å². The molecule has 17 heavy (non-hydrogen) atoms. The summed E-state index contributed by atoms with van der Waals surface area (Å²) in [5.41, 5.74) is 5.53. The lowest BCUT2D eigenvalue weighted by molar-refractivity contribution is 0.270. The van der Waals surface area contributed by atoms with Crippen molar-refractivity contribution < 1.29 is 8.42 Å². The molecule has 0 radical (unpaired) electrons. The molecule has 0 saturated heterocycles. The average molecular weight is 274 g/mol. The van der Waals surface area contributed by atoms with Gasteiger partial charge in [0.2, 0.25) is 10.0 Å². The van der Waals surface area contributed by atoms with Gasteiger partial charge in [-0.05, 0) is 31.7 Å². The monoisotopic (exact) mass is 274 g/mol. The third-order valence-corrected chi connectivity index (χ3v) is 5.96. The maximum atomic E-state index is 12.1. The average Bonchev–Trinajstić information content (AvgIpc) is 2.58. The van der Waals surface area contributed by atoms with Crippen molar-refractivity contribution in [2.75, 3.05) is 0 Å². The van der Waals surface area contributed by atoms with E-state index in [1.165, 1.54) is 11.3 Å². The van der Waals surface area contributed by atoms with E-state index in [1.54, 1.807) is 6.07 Å². The third-order valence-electron chi connectivity index (χ3n) is 3.11. The van der Waals surface area contributed by atoms with Crippen LogP contribution in [0.4, 0.5) is 0 Å². The molecule has 2 rings (SSSR count). The van der Waals surface area contributed by atoms with E-state index in [0.717, 1.165) is 22.6 Å². The summed E-state index contributed by atoms with van der Waals surface area (Å²) >= 11 is 1.45. The Kier molecular flexibility index (Phi) is 3.58. The van der Waals surface area contributed by atoms with Gasteiger partial charge in [-0.1, -0.05) is 6.92 Å². The fraction of sp³-hybridized carbons (Fsp3) is 0.636. The standard InChI is InChI=1S/C11H18N2O2S2/c1-7-3-9(4-7)13-17(14,15)11-5-10(6-12)16-8(11)2/h5,7,9,13H,3-4,6,12H2,1-2H3. The van der Waals surface area contributed by atoms with Gasteiger partial charge in [0.25, 0.3) is 0 Å². The van der Waals surface area contributed by atoms with Crippen LogP contribution in [0.3, 0.4) is 0 Å². The Hall–Kier alpha value is -0.430. The Morgan fingerprint density at radius 2 is 2.18 bits per heavy atom. The molecule has 4 nitrogen and oxygen atoms in total. The quantitative estimate of drug-likeness (QED) is 0.876. The Labute approximate surface area is 106 Å². The highest BCUT2D eigenvalue weighted by Gasteiger charge is 2.30. The van der Waals surface area contributed by atoms with Gasteiger partial charge in [-0.15, -0.1) is 11.3 Å². The molecule has 1 aliphatic rings. The van der Waals surface area contributed by atoms with Gasteiger partial charge in [0, 0.05) is 22.3 Å². The highest BCUT2D eigenvalue weighted by atomic mass is 32.2. The summed E-state index contributed by atoms with van der Waals surface area (Å²) in [6.07, 6.45) is 1.87. The van der Waals surface area contributed by atoms with E-state index in [9.17, 15) is 8.42 Å². The lowest BCUT2D eigenvalue weighted by Crippen LogP contribution is -2.43. The summed E-state index contributed by atoms with van der Waals surface area (Å²) < 4.78 is 27.0. The van der Waals surface area contributed by atoms with Crippen molar-refractivity contribution in [3.8, 4) is 0 Å². The van der Waals surface area contributed by atoms with Crippen molar-refractivity contribution >= 4 is 21.4 Å². The van der Waals surface area contributed by atoms with Crippen LogP contribution in [0, 0.1) is 12.8 Å². The molecule has 1 fully saturated rings. The molecule has 1 aromatic rings. The van der Waals surface area contributed by atoms with Crippen molar-refractivity contribution in [2.24, 2.45) is 11.7 Å². The molecule has 0 atom stereocenters. The molecule has 0 spiro atoms. The Morgan fingerprint density at radius 3 is 2.65 bits per heavy atom. The number of aryl methyl sites for hydroxylation is 1. The lowest BCUT2D eigenvalue weighted by Gasteiger charge is -2.32. The number of nitrogens with two attached hydrogens (primary N) is 1. The second-order valence-electron chi connectivity index (χ2n) is 4.73. The molecule has 1 heterocycles. The zero-order valence-electron chi connectivity index (χ0n) is 10.1. The number of thiophene rings is 1.